The standard InChI is InChI=1S/C15H24ClN3S/c1-11(12-6-8-13(16)9-7-12)19-14(17-4)18-10-15(2,3)20-5/h6-9,11H,10H2,1-5H3,(H2,17,18,19). The zero-order chi connectivity index (χ0) is 15.2. The molecule has 0 heterocycles. The van der Waals surface area contributed by atoms with Crippen molar-refractivity contribution in [3.63, 3.8) is 0 Å². The van der Waals surface area contributed by atoms with E-state index in [-0.39, 0.29) is 10.8 Å². The minimum Gasteiger partial charge on any atom is -0.355 e. The molecule has 0 aliphatic heterocycles. The Morgan fingerprint density at radius 3 is 2.45 bits per heavy atom. The summed E-state index contributed by atoms with van der Waals surface area (Å²) in [6.07, 6.45) is 2.12. The molecule has 0 saturated carbocycles. The molecule has 1 aromatic carbocycles. The Hall–Kier alpha value is -0.870. The lowest BCUT2D eigenvalue weighted by atomic mass is 10.1. The maximum absolute atomic E-state index is 5.91. The molecule has 0 aliphatic carbocycles. The van der Waals surface area contributed by atoms with E-state index in [1.807, 2.05) is 36.0 Å². The molecule has 0 saturated heterocycles. The summed E-state index contributed by atoms with van der Waals surface area (Å²) in [6, 6.07) is 8.04. The molecule has 2 N–H and O–H groups in total. The molecule has 0 fully saturated rings. The molecule has 0 spiro atoms. The van der Waals surface area contributed by atoms with E-state index in [1.54, 1.807) is 7.05 Å². The van der Waals surface area contributed by atoms with E-state index in [9.17, 15) is 0 Å². The minimum atomic E-state index is 0.177. The predicted octanol–water partition coefficient (Wildman–Crippen LogP) is 3.71. The van der Waals surface area contributed by atoms with Crippen LogP contribution in [0.25, 0.3) is 0 Å². The van der Waals surface area contributed by atoms with Crippen LogP contribution in [-0.4, -0.2) is 30.6 Å². The third-order valence-electron chi connectivity index (χ3n) is 3.18. The van der Waals surface area contributed by atoms with Gasteiger partial charge in [0, 0.05) is 23.4 Å². The summed E-state index contributed by atoms with van der Waals surface area (Å²) in [5.41, 5.74) is 1.18. The topological polar surface area (TPSA) is 36.4 Å². The first-order chi connectivity index (χ1) is 9.38. The van der Waals surface area contributed by atoms with Crippen molar-refractivity contribution in [2.24, 2.45) is 4.99 Å². The number of benzene rings is 1. The minimum absolute atomic E-state index is 0.177. The molecule has 112 valence electrons. The van der Waals surface area contributed by atoms with E-state index in [0.717, 1.165) is 17.5 Å². The number of hydrogen-bond donors (Lipinski definition) is 2. The highest BCUT2D eigenvalue weighted by Gasteiger charge is 2.16. The largest absolute Gasteiger partial charge is 0.355 e. The lowest BCUT2D eigenvalue weighted by molar-refractivity contribution is 0.639. The van der Waals surface area contributed by atoms with Gasteiger partial charge in [-0.15, -0.1) is 0 Å². The van der Waals surface area contributed by atoms with Gasteiger partial charge in [-0.25, -0.2) is 0 Å². The average Bonchev–Trinajstić information content (AvgIpc) is 2.44. The number of hydrogen-bond acceptors (Lipinski definition) is 2. The first-order valence-corrected chi connectivity index (χ1v) is 8.26. The quantitative estimate of drug-likeness (QED) is 0.642. The number of halogens is 1. The fourth-order valence-electron chi connectivity index (χ4n) is 1.60. The molecular weight excluding hydrogens is 290 g/mol. The van der Waals surface area contributed by atoms with Crippen molar-refractivity contribution in [2.45, 2.75) is 31.6 Å². The van der Waals surface area contributed by atoms with Gasteiger partial charge in [0.15, 0.2) is 5.96 Å². The molecular formula is C15H24ClN3S. The summed E-state index contributed by atoms with van der Waals surface area (Å²) in [5, 5.41) is 7.51. The van der Waals surface area contributed by atoms with Crippen LogP contribution >= 0.6 is 23.4 Å². The van der Waals surface area contributed by atoms with Crippen LogP contribution < -0.4 is 10.6 Å². The Bertz CT molecular complexity index is 443. The van der Waals surface area contributed by atoms with Gasteiger partial charge in [0.2, 0.25) is 0 Å². The molecule has 0 radical (unpaired) electrons. The van der Waals surface area contributed by atoms with Crippen molar-refractivity contribution < 1.29 is 0 Å². The van der Waals surface area contributed by atoms with Crippen molar-refractivity contribution in [2.75, 3.05) is 19.8 Å². The fraction of sp³-hybridized carbons (Fsp3) is 0.533. The molecule has 1 atom stereocenters. The molecule has 1 unspecified atom stereocenters. The summed E-state index contributed by atoms with van der Waals surface area (Å²) in [7, 11) is 1.79. The van der Waals surface area contributed by atoms with Gasteiger partial charge in [0.1, 0.15) is 0 Å². The maximum atomic E-state index is 5.91. The number of nitrogens with one attached hydrogen (secondary N) is 2. The first-order valence-electron chi connectivity index (χ1n) is 6.66. The van der Waals surface area contributed by atoms with Crippen molar-refractivity contribution in [1.82, 2.24) is 10.6 Å². The number of guanidine groups is 1. The highest BCUT2D eigenvalue weighted by Crippen LogP contribution is 2.19. The summed E-state index contributed by atoms with van der Waals surface area (Å²) >= 11 is 7.74. The van der Waals surface area contributed by atoms with E-state index >= 15 is 0 Å². The van der Waals surface area contributed by atoms with E-state index in [0.29, 0.717) is 0 Å². The van der Waals surface area contributed by atoms with Crippen LogP contribution in [0.2, 0.25) is 5.02 Å². The Kier molecular flexibility index (Phi) is 6.69. The molecule has 5 heteroatoms. The fourth-order valence-corrected chi connectivity index (χ4v) is 1.95. The van der Waals surface area contributed by atoms with Crippen LogP contribution in [0.5, 0.6) is 0 Å². The van der Waals surface area contributed by atoms with Crippen LogP contribution in [0.1, 0.15) is 32.4 Å². The van der Waals surface area contributed by atoms with Crippen molar-refractivity contribution in [3.05, 3.63) is 34.9 Å². The first kappa shape index (κ1) is 17.2. The van der Waals surface area contributed by atoms with E-state index in [2.05, 4.69) is 42.7 Å². The van der Waals surface area contributed by atoms with Gasteiger partial charge in [-0.3, -0.25) is 4.99 Å². The third-order valence-corrected chi connectivity index (χ3v) is 4.68. The highest BCUT2D eigenvalue weighted by atomic mass is 35.5. The van der Waals surface area contributed by atoms with Gasteiger partial charge in [0.25, 0.3) is 0 Å². The van der Waals surface area contributed by atoms with E-state index in [4.69, 9.17) is 11.6 Å². The summed E-state index contributed by atoms with van der Waals surface area (Å²) in [5.74, 6) is 0.814. The molecule has 0 aromatic heterocycles. The van der Waals surface area contributed by atoms with Crippen molar-refractivity contribution in [1.29, 1.82) is 0 Å². The monoisotopic (exact) mass is 313 g/mol. The number of rotatable bonds is 5. The normalized spacial score (nSPS) is 14.0. The SMILES string of the molecule is CN=C(NCC(C)(C)SC)NC(C)c1ccc(Cl)cc1. The van der Waals surface area contributed by atoms with Crippen LogP contribution in [0.15, 0.2) is 29.3 Å². The Morgan fingerprint density at radius 1 is 1.35 bits per heavy atom. The molecule has 3 nitrogen and oxygen atoms in total. The smallest absolute Gasteiger partial charge is 0.191 e. The van der Waals surface area contributed by atoms with Gasteiger partial charge in [-0.05, 0) is 44.7 Å². The molecule has 1 rings (SSSR count). The van der Waals surface area contributed by atoms with Crippen LogP contribution in [0.3, 0.4) is 0 Å². The van der Waals surface area contributed by atoms with Crippen LogP contribution in [-0.2, 0) is 0 Å². The number of aliphatic imine (C=N–C) groups is 1. The van der Waals surface area contributed by atoms with Gasteiger partial charge < -0.3 is 10.6 Å². The van der Waals surface area contributed by atoms with Crippen LogP contribution in [0, 0.1) is 0 Å². The second-order valence-electron chi connectivity index (χ2n) is 5.31. The van der Waals surface area contributed by atoms with Crippen molar-refractivity contribution in [3.8, 4) is 0 Å². The molecule has 20 heavy (non-hydrogen) atoms. The summed E-state index contributed by atoms with van der Waals surface area (Å²) in [6.45, 7) is 7.39. The molecule has 1 aromatic rings. The predicted molar refractivity (Wildman–Crippen MR) is 92.0 cm³/mol. The van der Waals surface area contributed by atoms with Gasteiger partial charge >= 0.3 is 0 Å². The summed E-state index contributed by atoms with van der Waals surface area (Å²) < 4.78 is 0.182. The zero-order valence-electron chi connectivity index (χ0n) is 12.8. The van der Waals surface area contributed by atoms with Gasteiger partial charge in [-0.1, -0.05) is 23.7 Å². The van der Waals surface area contributed by atoms with Gasteiger partial charge in [0.05, 0.1) is 6.04 Å². The van der Waals surface area contributed by atoms with Crippen molar-refractivity contribution >= 4 is 29.3 Å². The summed E-state index contributed by atoms with van der Waals surface area (Å²) in [4.78, 5) is 4.27. The Morgan fingerprint density at radius 2 is 1.95 bits per heavy atom. The zero-order valence-corrected chi connectivity index (χ0v) is 14.4. The number of nitrogens with zero attached hydrogens (tertiary/aromatic N) is 1. The third kappa shape index (κ3) is 5.63. The highest BCUT2D eigenvalue weighted by molar-refractivity contribution is 7.99. The lowest BCUT2D eigenvalue weighted by Crippen LogP contribution is -2.44. The van der Waals surface area contributed by atoms with E-state index < -0.39 is 0 Å². The average molecular weight is 314 g/mol. The Labute approximate surface area is 131 Å². The second-order valence-corrected chi connectivity index (χ2v) is 7.26. The molecule has 0 amide bonds. The van der Waals surface area contributed by atoms with E-state index in [1.165, 1.54) is 5.56 Å². The lowest BCUT2D eigenvalue weighted by Gasteiger charge is -2.25. The molecule has 0 aliphatic rings. The Balaban J connectivity index is 2.58. The van der Waals surface area contributed by atoms with Crippen LogP contribution in [0.4, 0.5) is 0 Å². The van der Waals surface area contributed by atoms with Gasteiger partial charge in [-0.2, -0.15) is 11.8 Å². The molecule has 0 bridgehead atoms. The number of thioether (sulfide) groups is 1. The maximum Gasteiger partial charge on any atom is 0.191 e. The second kappa shape index (κ2) is 7.79.